The van der Waals surface area contributed by atoms with Gasteiger partial charge in [-0.3, -0.25) is 14.0 Å². The molecule has 1 atom stereocenters. The van der Waals surface area contributed by atoms with Crippen LogP contribution >= 0.6 is 11.3 Å². The van der Waals surface area contributed by atoms with E-state index >= 15 is 0 Å². The molecule has 0 radical (unpaired) electrons. The fourth-order valence-electron chi connectivity index (χ4n) is 3.89. The van der Waals surface area contributed by atoms with Crippen molar-refractivity contribution >= 4 is 34.4 Å². The average Bonchev–Trinajstić information content (AvgIpc) is 3.38. The van der Waals surface area contributed by atoms with Gasteiger partial charge in [-0.2, -0.15) is 0 Å². The van der Waals surface area contributed by atoms with Gasteiger partial charge in [0, 0.05) is 24.2 Å². The first kappa shape index (κ1) is 20.3. The van der Waals surface area contributed by atoms with Crippen LogP contribution in [0.15, 0.2) is 41.4 Å². The Balaban J connectivity index is 1.92. The van der Waals surface area contributed by atoms with E-state index in [-0.39, 0.29) is 11.3 Å². The third-order valence-electron chi connectivity index (χ3n) is 5.38. The van der Waals surface area contributed by atoms with Crippen LogP contribution in [0.2, 0.25) is 0 Å². The maximum Gasteiger partial charge on any atom is 0.295 e. The number of fused-ring (bicyclic) bond motifs is 1. The Bertz CT molecular complexity index is 1160. The van der Waals surface area contributed by atoms with Gasteiger partial charge in [0.1, 0.15) is 11.3 Å². The lowest BCUT2D eigenvalue weighted by molar-refractivity contribution is -0.140. The highest BCUT2D eigenvalue weighted by Gasteiger charge is 2.46. The van der Waals surface area contributed by atoms with E-state index in [0.29, 0.717) is 30.1 Å². The molecule has 3 aromatic heterocycles. The predicted octanol–water partition coefficient (Wildman–Crippen LogP) is 3.00. The Morgan fingerprint density at radius 2 is 2.00 bits per heavy atom. The van der Waals surface area contributed by atoms with Crippen molar-refractivity contribution in [2.45, 2.75) is 19.9 Å². The first-order valence-electron chi connectivity index (χ1n) is 9.72. The van der Waals surface area contributed by atoms with Crippen LogP contribution in [0.5, 0.6) is 0 Å². The number of aliphatic hydroxyl groups is 1. The standard InChI is InChI=1S/C22H24N4O3S/c1-13-7-5-9-25-17(14(2)23-21(13)25)19(27)16-18(15-8-6-12-30-15)26(11-10-24(3)4)22(29)20(16)28/h5-9,12,18,27H,10-11H2,1-4H3/b19-16+/t18-/m0/s1. The number of aryl methyl sites for hydroxylation is 2. The topological polar surface area (TPSA) is 78.1 Å². The molecule has 1 amide bonds. The number of nitrogens with zero attached hydrogens (tertiary/aromatic N) is 4. The number of Topliss-reactive ketones (excluding diaryl/α,β-unsaturated/α-hetero) is 1. The van der Waals surface area contributed by atoms with E-state index in [2.05, 4.69) is 4.98 Å². The molecule has 0 bridgehead atoms. The first-order valence-corrected chi connectivity index (χ1v) is 10.6. The second-order valence-corrected chi connectivity index (χ2v) is 8.72. The van der Waals surface area contributed by atoms with Crippen molar-refractivity contribution in [2.24, 2.45) is 0 Å². The Morgan fingerprint density at radius 3 is 2.67 bits per heavy atom. The number of hydrogen-bond donors (Lipinski definition) is 1. The summed E-state index contributed by atoms with van der Waals surface area (Å²) in [5.74, 6) is -1.43. The number of carbonyl (C=O) groups excluding carboxylic acids is 2. The number of aliphatic hydroxyl groups excluding tert-OH is 1. The van der Waals surface area contributed by atoms with E-state index in [1.165, 1.54) is 11.3 Å². The lowest BCUT2D eigenvalue weighted by Gasteiger charge is -2.25. The van der Waals surface area contributed by atoms with E-state index in [9.17, 15) is 14.7 Å². The number of likely N-dealkylation sites (N-methyl/N-ethyl adjacent to an activating group) is 1. The number of likely N-dealkylation sites (tertiary alicyclic amines) is 1. The lowest BCUT2D eigenvalue weighted by Crippen LogP contribution is -2.35. The molecule has 1 saturated heterocycles. The highest BCUT2D eigenvalue weighted by molar-refractivity contribution is 7.10. The smallest absolute Gasteiger partial charge is 0.295 e. The molecular weight excluding hydrogens is 400 g/mol. The molecule has 156 valence electrons. The van der Waals surface area contributed by atoms with Gasteiger partial charge in [-0.15, -0.1) is 11.3 Å². The summed E-state index contributed by atoms with van der Waals surface area (Å²) >= 11 is 1.46. The van der Waals surface area contributed by atoms with Gasteiger partial charge in [0.15, 0.2) is 5.76 Å². The summed E-state index contributed by atoms with van der Waals surface area (Å²) in [6.45, 7) is 4.74. The van der Waals surface area contributed by atoms with Crippen LogP contribution in [0.3, 0.4) is 0 Å². The maximum atomic E-state index is 13.1. The number of pyridine rings is 1. The summed E-state index contributed by atoms with van der Waals surface area (Å²) in [6.07, 6.45) is 1.81. The van der Waals surface area contributed by atoms with Crippen molar-refractivity contribution in [3.8, 4) is 0 Å². The van der Waals surface area contributed by atoms with Crippen LogP contribution < -0.4 is 0 Å². The number of aromatic nitrogens is 2. The third-order valence-corrected chi connectivity index (χ3v) is 6.31. The van der Waals surface area contributed by atoms with Crippen LogP contribution in [0.25, 0.3) is 11.4 Å². The molecule has 8 heteroatoms. The van der Waals surface area contributed by atoms with Gasteiger partial charge in [0.2, 0.25) is 0 Å². The monoisotopic (exact) mass is 424 g/mol. The molecule has 0 aliphatic carbocycles. The minimum absolute atomic E-state index is 0.118. The predicted molar refractivity (Wildman–Crippen MR) is 117 cm³/mol. The molecule has 4 rings (SSSR count). The second kappa shape index (κ2) is 7.70. The van der Waals surface area contributed by atoms with Crippen LogP contribution in [-0.4, -0.2) is 63.2 Å². The fraction of sp³-hybridized carbons (Fsp3) is 0.318. The number of thiophene rings is 1. The van der Waals surface area contributed by atoms with Crippen LogP contribution in [0.1, 0.15) is 27.9 Å². The number of rotatable bonds is 5. The zero-order chi connectivity index (χ0) is 21.6. The summed E-state index contributed by atoms with van der Waals surface area (Å²) in [5.41, 5.74) is 2.84. The van der Waals surface area contributed by atoms with Gasteiger partial charge in [0.05, 0.1) is 17.3 Å². The molecule has 3 aromatic rings. The highest BCUT2D eigenvalue weighted by Crippen LogP contribution is 2.41. The summed E-state index contributed by atoms with van der Waals surface area (Å²) in [5, 5.41) is 13.3. The molecular formula is C22H24N4O3S. The minimum atomic E-state index is -0.661. The van der Waals surface area contributed by atoms with Crippen molar-refractivity contribution in [1.82, 2.24) is 19.2 Å². The summed E-state index contributed by atoms with van der Waals surface area (Å²) in [6, 6.07) is 6.97. The molecule has 30 heavy (non-hydrogen) atoms. The lowest BCUT2D eigenvalue weighted by atomic mass is 10.0. The Morgan fingerprint density at radius 1 is 1.23 bits per heavy atom. The second-order valence-electron chi connectivity index (χ2n) is 7.74. The van der Waals surface area contributed by atoms with Gasteiger partial charge in [-0.25, -0.2) is 4.98 Å². The van der Waals surface area contributed by atoms with Crippen molar-refractivity contribution in [3.63, 3.8) is 0 Å². The van der Waals surface area contributed by atoms with Crippen LogP contribution in [0, 0.1) is 13.8 Å². The molecule has 7 nitrogen and oxygen atoms in total. The number of ketones is 1. The zero-order valence-electron chi connectivity index (χ0n) is 17.4. The number of carbonyl (C=O) groups is 2. The van der Waals surface area contributed by atoms with Crippen LogP contribution in [0.4, 0.5) is 0 Å². The molecule has 0 aromatic carbocycles. The number of amides is 1. The van der Waals surface area contributed by atoms with E-state index in [1.54, 1.807) is 22.4 Å². The van der Waals surface area contributed by atoms with Gasteiger partial charge in [0.25, 0.3) is 11.7 Å². The van der Waals surface area contributed by atoms with Gasteiger partial charge in [-0.1, -0.05) is 12.1 Å². The van der Waals surface area contributed by atoms with Crippen molar-refractivity contribution < 1.29 is 14.7 Å². The molecule has 0 unspecified atom stereocenters. The molecule has 1 aliphatic rings. The minimum Gasteiger partial charge on any atom is -0.505 e. The highest BCUT2D eigenvalue weighted by atomic mass is 32.1. The fourth-order valence-corrected chi connectivity index (χ4v) is 4.74. The zero-order valence-corrected chi connectivity index (χ0v) is 18.2. The van der Waals surface area contributed by atoms with Crippen LogP contribution in [-0.2, 0) is 9.59 Å². The third kappa shape index (κ3) is 3.22. The Hall–Kier alpha value is -2.97. The van der Waals surface area contributed by atoms with Crippen molar-refractivity contribution in [1.29, 1.82) is 0 Å². The number of hydrogen-bond acceptors (Lipinski definition) is 6. The maximum absolute atomic E-state index is 13.1. The molecule has 0 spiro atoms. The number of imidazole rings is 1. The van der Waals surface area contributed by atoms with Gasteiger partial charge < -0.3 is 14.9 Å². The first-order chi connectivity index (χ1) is 14.3. The molecule has 0 saturated carbocycles. The molecule has 4 heterocycles. The normalized spacial score (nSPS) is 18.8. The molecule has 1 aliphatic heterocycles. The Labute approximate surface area is 178 Å². The quantitative estimate of drug-likeness (QED) is 0.387. The van der Waals surface area contributed by atoms with E-state index in [1.807, 2.05) is 55.6 Å². The summed E-state index contributed by atoms with van der Waals surface area (Å²) in [4.78, 5) is 34.9. The van der Waals surface area contributed by atoms with E-state index in [4.69, 9.17) is 0 Å². The van der Waals surface area contributed by atoms with Crippen molar-refractivity contribution in [3.05, 3.63) is 63.2 Å². The SMILES string of the molecule is Cc1nc2c(C)cccn2c1/C(O)=C1\C(=O)C(=O)N(CCN(C)C)[C@H]1c1cccs1. The Kier molecular flexibility index (Phi) is 5.21. The van der Waals surface area contributed by atoms with Crippen molar-refractivity contribution in [2.75, 3.05) is 27.2 Å². The molecule has 1 N–H and O–H groups in total. The largest absolute Gasteiger partial charge is 0.505 e. The average molecular weight is 425 g/mol. The van der Waals surface area contributed by atoms with E-state index < -0.39 is 17.7 Å². The van der Waals surface area contributed by atoms with E-state index in [0.717, 1.165) is 10.4 Å². The van der Waals surface area contributed by atoms with Gasteiger partial charge in [-0.05, 0) is 51.0 Å². The summed E-state index contributed by atoms with van der Waals surface area (Å²) in [7, 11) is 3.84. The van der Waals surface area contributed by atoms with Gasteiger partial charge >= 0.3 is 0 Å². The summed E-state index contributed by atoms with van der Waals surface area (Å²) < 4.78 is 1.78. The molecule has 1 fully saturated rings.